The molecule has 1 heterocycles. The highest BCUT2D eigenvalue weighted by molar-refractivity contribution is 5.69. The molecule has 3 aromatic rings. The Morgan fingerprint density at radius 3 is 2.41 bits per heavy atom. The molecule has 0 spiro atoms. The minimum absolute atomic E-state index is 0.186. The quantitative estimate of drug-likeness (QED) is 0.483. The van der Waals surface area contributed by atoms with E-state index < -0.39 is 24.0 Å². The summed E-state index contributed by atoms with van der Waals surface area (Å²) >= 11 is 0. The van der Waals surface area contributed by atoms with Gasteiger partial charge in [0.05, 0.1) is 31.2 Å². The molecule has 0 aliphatic rings. The summed E-state index contributed by atoms with van der Waals surface area (Å²) in [5, 5.41) is 33.6. The van der Waals surface area contributed by atoms with E-state index in [2.05, 4.69) is 26.9 Å². The number of esters is 1. The van der Waals surface area contributed by atoms with Crippen molar-refractivity contribution in [3.05, 3.63) is 76.6 Å². The highest BCUT2D eigenvalue weighted by Gasteiger charge is 2.27. The number of aromatic nitrogens is 4. The fourth-order valence-corrected chi connectivity index (χ4v) is 3.24. The number of nitrogens with one attached hydrogen (secondary N) is 1. The molecule has 0 radical (unpaired) electrons. The molecule has 0 fully saturated rings. The molecule has 10 heteroatoms. The van der Waals surface area contributed by atoms with E-state index >= 15 is 0 Å². The van der Waals surface area contributed by atoms with Gasteiger partial charge in [0.1, 0.15) is 6.54 Å². The summed E-state index contributed by atoms with van der Waals surface area (Å²) in [6, 6.07) is 15.1. The van der Waals surface area contributed by atoms with Crippen LogP contribution in [0.4, 0.5) is 0 Å². The standard InChI is InChI=1S/C22H22N6O4/c1-14-3-7-16(8-4-14)18(11-19(29)30)24-21(17-9-5-15(12-23)6-10-17)22-25-26-27-28(22)13-20(31)32-2/h3-10,18,21,24H,11,13H2,1-2H3,(H,29,30). The first-order valence-electron chi connectivity index (χ1n) is 9.78. The Hall–Kier alpha value is -4.10. The van der Waals surface area contributed by atoms with Gasteiger partial charge in [-0.2, -0.15) is 5.26 Å². The molecular formula is C22H22N6O4. The van der Waals surface area contributed by atoms with Gasteiger partial charge in [-0.25, -0.2) is 4.68 Å². The maximum Gasteiger partial charge on any atom is 0.327 e. The van der Waals surface area contributed by atoms with Crippen LogP contribution in [0.2, 0.25) is 0 Å². The molecule has 32 heavy (non-hydrogen) atoms. The number of tetrazole rings is 1. The Bertz CT molecular complexity index is 1120. The van der Waals surface area contributed by atoms with E-state index in [0.29, 0.717) is 17.0 Å². The lowest BCUT2D eigenvalue weighted by Crippen LogP contribution is -2.32. The number of carboxylic acid groups (broad SMARTS) is 1. The summed E-state index contributed by atoms with van der Waals surface area (Å²) in [7, 11) is 1.27. The van der Waals surface area contributed by atoms with E-state index in [9.17, 15) is 14.7 Å². The largest absolute Gasteiger partial charge is 0.481 e. The van der Waals surface area contributed by atoms with Crippen molar-refractivity contribution < 1.29 is 19.4 Å². The van der Waals surface area contributed by atoms with Gasteiger partial charge in [-0.3, -0.25) is 14.9 Å². The fourth-order valence-electron chi connectivity index (χ4n) is 3.24. The third-order valence-corrected chi connectivity index (χ3v) is 4.92. The van der Waals surface area contributed by atoms with Gasteiger partial charge >= 0.3 is 11.9 Å². The van der Waals surface area contributed by atoms with Crippen LogP contribution in [0.1, 0.15) is 46.6 Å². The second-order valence-corrected chi connectivity index (χ2v) is 7.17. The van der Waals surface area contributed by atoms with Crippen LogP contribution in [0.25, 0.3) is 0 Å². The van der Waals surface area contributed by atoms with Gasteiger partial charge in [0, 0.05) is 6.04 Å². The van der Waals surface area contributed by atoms with E-state index in [-0.39, 0.29) is 13.0 Å². The number of hydrogen-bond donors (Lipinski definition) is 2. The van der Waals surface area contributed by atoms with Crippen LogP contribution < -0.4 is 5.32 Å². The van der Waals surface area contributed by atoms with Crippen molar-refractivity contribution in [2.75, 3.05) is 7.11 Å². The normalized spacial score (nSPS) is 12.5. The lowest BCUT2D eigenvalue weighted by molar-refractivity contribution is -0.141. The highest BCUT2D eigenvalue weighted by Crippen LogP contribution is 2.27. The summed E-state index contributed by atoms with van der Waals surface area (Å²) in [4.78, 5) is 23.4. The number of methoxy groups -OCH3 is 1. The van der Waals surface area contributed by atoms with Crippen molar-refractivity contribution in [3.63, 3.8) is 0 Å². The summed E-state index contributed by atoms with van der Waals surface area (Å²) in [5.41, 5.74) is 3.01. The van der Waals surface area contributed by atoms with Crippen LogP contribution in [-0.4, -0.2) is 44.4 Å². The third kappa shape index (κ3) is 5.53. The van der Waals surface area contributed by atoms with Crippen LogP contribution in [0.5, 0.6) is 0 Å². The van der Waals surface area contributed by atoms with E-state index in [4.69, 9.17) is 10.00 Å². The SMILES string of the molecule is COC(=O)Cn1nnnc1C(NC(CC(=O)O)c1ccc(C)cc1)c1ccc(C#N)cc1. The number of ether oxygens (including phenoxy) is 1. The maximum atomic E-state index is 11.8. The lowest BCUT2D eigenvalue weighted by Gasteiger charge is -2.25. The molecule has 0 aliphatic heterocycles. The lowest BCUT2D eigenvalue weighted by atomic mass is 9.98. The molecule has 1 aromatic heterocycles. The molecule has 2 atom stereocenters. The summed E-state index contributed by atoms with van der Waals surface area (Å²) in [6.07, 6.45) is -0.186. The first-order chi connectivity index (χ1) is 15.4. The van der Waals surface area contributed by atoms with Crippen LogP contribution in [0, 0.1) is 18.3 Å². The summed E-state index contributed by atoms with van der Waals surface area (Å²) in [5.74, 6) is -1.20. The molecule has 10 nitrogen and oxygen atoms in total. The zero-order valence-electron chi connectivity index (χ0n) is 17.6. The second-order valence-electron chi connectivity index (χ2n) is 7.17. The van der Waals surface area contributed by atoms with Crippen molar-refractivity contribution in [3.8, 4) is 6.07 Å². The average molecular weight is 434 g/mol. The molecule has 0 saturated heterocycles. The van der Waals surface area contributed by atoms with Crippen LogP contribution in [0.3, 0.4) is 0 Å². The molecular weight excluding hydrogens is 412 g/mol. The number of nitrogens with zero attached hydrogens (tertiary/aromatic N) is 5. The minimum Gasteiger partial charge on any atom is -0.481 e. The monoisotopic (exact) mass is 434 g/mol. The number of benzene rings is 2. The first-order valence-corrected chi connectivity index (χ1v) is 9.78. The molecule has 2 N–H and O–H groups in total. The van der Waals surface area contributed by atoms with Crippen molar-refractivity contribution in [2.24, 2.45) is 0 Å². The van der Waals surface area contributed by atoms with Crippen LogP contribution in [0.15, 0.2) is 48.5 Å². The minimum atomic E-state index is -0.976. The molecule has 2 unspecified atom stereocenters. The maximum absolute atomic E-state index is 11.8. The van der Waals surface area contributed by atoms with E-state index in [1.54, 1.807) is 24.3 Å². The smallest absolute Gasteiger partial charge is 0.327 e. The Balaban J connectivity index is 2.04. The Labute approximate surface area is 184 Å². The topological polar surface area (TPSA) is 143 Å². The molecule has 0 bridgehead atoms. The van der Waals surface area contributed by atoms with Gasteiger partial charge in [-0.1, -0.05) is 42.0 Å². The van der Waals surface area contributed by atoms with E-state index in [1.165, 1.54) is 11.8 Å². The van der Waals surface area contributed by atoms with Gasteiger partial charge in [-0.05, 0) is 40.6 Å². The predicted octanol–water partition coefficient (Wildman–Crippen LogP) is 1.92. The van der Waals surface area contributed by atoms with Crippen LogP contribution in [-0.2, 0) is 20.9 Å². The molecule has 2 aromatic carbocycles. The van der Waals surface area contributed by atoms with E-state index in [1.807, 2.05) is 31.2 Å². The highest BCUT2D eigenvalue weighted by atomic mass is 16.5. The first kappa shape index (κ1) is 22.6. The average Bonchev–Trinajstić information content (AvgIpc) is 3.24. The van der Waals surface area contributed by atoms with Crippen molar-refractivity contribution in [1.82, 2.24) is 25.5 Å². The number of carbonyl (C=O) groups excluding carboxylic acids is 1. The Morgan fingerprint density at radius 2 is 1.81 bits per heavy atom. The van der Waals surface area contributed by atoms with Gasteiger partial charge in [0.25, 0.3) is 0 Å². The summed E-state index contributed by atoms with van der Waals surface area (Å²) < 4.78 is 6.02. The Kier molecular flexibility index (Phi) is 7.25. The second kappa shape index (κ2) is 10.3. The number of nitriles is 1. The van der Waals surface area contributed by atoms with E-state index in [0.717, 1.165) is 11.1 Å². The molecule has 164 valence electrons. The van der Waals surface area contributed by atoms with Gasteiger partial charge in [0.15, 0.2) is 5.82 Å². The number of aryl methyl sites for hydroxylation is 1. The van der Waals surface area contributed by atoms with Crippen molar-refractivity contribution >= 4 is 11.9 Å². The van der Waals surface area contributed by atoms with Crippen LogP contribution >= 0.6 is 0 Å². The number of rotatable bonds is 9. The number of carboxylic acids is 1. The number of aliphatic carboxylic acids is 1. The number of carbonyl (C=O) groups is 2. The third-order valence-electron chi connectivity index (χ3n) is 4.92. The molecule has 0 amide bonds. The van der Waals surface area contributed by atoms with Gasteiger partial charge in [-0.15, -0.1) is 5.10 Å². The zero-order valence-corrected chi connectivity index (χ0v) is 17.6. The molecule has 3 rings (SSSR count). The van der Waals surface area contributed by atoms with Gasteiger partial charge < -0.3 is 9.84 Å². The van der Waals surface area contributed by atoms with Crippen molar-refractivity contribution in [1.29, 1.82) is 5.26 Å². The predicted molar refractivity (Wildman–Crippen MR) is 112 cm³/mol. The number of hydrogen-bond acceptors (Lipinski definition) is 8. The fraction of sp³-hybridized carbons (Fsp3) is 0.273. The molecule has 0 aliphatic carbocycles. The van der Waals surface area contributed by atoms with Crippen molar-refractivity contribution in [2.45, 2.75) is 32.0 Å². The summed E-state index contributed by atoms with van der Waals surface area (Å²) in [6.45, 7) is 1.74. The molecule has 0 saturated carbocycles. The zero-order chi connectivity index (χ0) is 23.1. The van der Waals surface area contributed by atoms with Gasteiger partial charge in [0.2, 0.25) is 0 Å². The Morgan fingerprint density at radius 1 is 1.16 bits per heavy atom.